The highest BCUT2D eigenvalue weighted by Crippen LogP contribution is 2.25. The summed E-state index contributed by atoms with van der Waals surface area (Å²) in [5.74, 6) is 0.209. The number of carbonyl (C=O) groups is 1. The van der Waals surface area contributed by atoms with Crippen LogP contribution in [0.3, 0.4) is 0 Å². The fraction of sp³-hybridized carbons (Fsp3) is 0.667. The molecule has 1 aromatic rings. The molecule has 0 aromatic carbocycles. The van der Waals surface area contributed by atoms with E-state index >= 15 is 0 Å². The van der Waals surface area contributed by atoms with E-state index in [0.717, 1.165) is 25.7 Å². The lowest BCUT2D eigenvalue weighted by Crippen LogP contribution is -2.31. The fourth-order valence-electron chi connectivity index (χ4n) is 2.46. The summed E-state index contributed by atoms with van der Waals surface area (Å²) >= 11 is 0. The summed E-state index contributed by atoms with van der Waals surface area (Å²) in [6.45, 7) is 2.64. The van der Waals surface area contributed by atoms with Crippen LogP contribution >= 0.6 is 0 Å². The van der Waals surface area contributed by atoms with Gasteiger partial charge in [0.2, 0.25) is 5.91 Å². The predicted molar refractivity (Wildman–Crippen MR) is 76.9 cm³/mol. The fourth-order valence-corrected chi connectivity index (χ4v) is 2.46. The Bertz CT molecular complexity index is 423. The molecule has 1 N–H and O–H groups in total. The van der Waals surface area contributed by atoms with Gasteiger partial charge in [0.15, 0.2) is 0 Å². The van der Waals surface area contributed by atoms with Crippen LogP contribution in [0.4, 0.5) is 0 Å². The Morgan fingerprint density at radius 1 is 1.58 bits per heavy atom. The van der Waals surface area contributed by atoms with Crippen molar-refractivity contribution >= 4 is 5.91 Å². The summed E-state index contributed by atoms with van der Waals surface area (Å²) in [6, 6.07) is 3.00. The van der Waals surface area contributed by atoms with Crippen LogP contribution in [0.15, 0.2) is 18.5 Å². The van der Waals surface area contributed by atoms with E-state index in [9.17, 15) is 4.79 Å². The van der Waals surface area contributed by atoms with Crippen molar-refractivity contribution in [3.63, 3.8) is 0 Å². The average molecular weight is 263 g/mol. The Morgan fingerprint density at radius 3 is 2.89 bits per heavy atom. The highest BCUT2D eigenvalue weighted by molar-refractivity contribution is 5.76. The van der Waals surface area contributed by atoms with E-state index in [1.165, 1.54) is 5.56 Å². The van der Waals surface area contributed by atoms with Crippen molar-refractivity contribution < 1.29 is 4.79 Å². The van der Waals surface area contributed by atoms with Gasteiger partial charge in [-0.15, -0.1) is 0 Å². The van der Waals surface area contributed by atoms with Crippen LogP contribution in [0, 0.1) is 0 Å². The van der Waals surface area contributed by atoms with E-state index in [4.69, 9.17) is 0 Å². The summed E-state index contributed by atoms with van der Waals surface area (Å²) in [6.07, 6.45) is 8.70. The molecule has 1 heterocycles. The molecule has 1 aliphatic rings. The lowest BCUT2D eigenvalue weighted by atomic mass is 10.1. The van der Waals surface area contributed by atoms with Crippen molar-refractivity contribution in [1.29, 1.82) is 0 Å². The lowest BCUT2D eigenvalue weighted by Gasteiger charge is -2.16. The number of nitrogens with zero attached hydrogens (tertiary/aromatic N) is 2. The first-order chi connectivity index (χ1) is 9.15. The van der Waals surface area contributed by atoms with Gasteiger partial charge < -0.3 is 14.8 Å². The third kappa shape index (κ3) is 3.60. The molecule has 0 aliphatic heterocycles. The van der Waals surface area contributed by atoms with E-state index in [0.29, 0.717) is 18.6 Å². The van der Waals surface area contributed by atoms with Crippen molar-refractivity contribution in [3.8, 4) is 0 Å². The molecule has 0 radical (unpaired) electrons. The highest BCUT2D eigenvalue weighted by atomic mass is 16.2. The van der Waals surface area contributed by atoms with E-state index in [1.54, 1.807) is 0 Å². The van der Waals surface area contributed by atoms with Crippen LogP contribution in [-0.2, 0) is 11.3 Å². The molecule has 106 valence electrons. The topological polar surface area (TPSA) is 37.3 Å². The molecule has 1 saturated carbocycles. The number of amides is 1. The minimum atomic E-state index is 0.209. The van der Waals surface area contributed by atoms with E-state index < -0.39 is 0 Å². The molecule has 0 saturated heterocycles. The number of hydrogen-bond acceptors (Lipinski definition) is 2. The van der Waals surface area contributed by atoms with Crippen molar-refractivity contribution in [3.05, 3.63) is 24.0 Å². The zero-order chi connectivity index (χ0) is 13.8. The second-order valence-electron chi connectivity index (χ2n) is 5.48. The van der Waals surface area contributed by atoms with E-state index in [2.05, 4.69) is 24.5 Å². The van der Waals surface area contributed by atoms with E-state index in [1.807, 2.05) is 29.8 Å². The van der Waals surface area contributed by atoms with Gasteiger partial charge in [-0.05, 0) is 37.9 Å². The molecule has 4 heteroatoms. The van der Waals surface area contributed by atoms with Gasteiger partial charge in [0.05, 0.1) is 0 Å². The van der Waals surface area contributed by atoms with Crippen molar-refractivity contribution in [2.45, 2.75) is 51.2 Å². The van der Waals surface area contributed by atoms with Gasteiger partial charge >= 0.3 is 0 Å². The number of carbonyl (C=O) groups excluding carboxylic acids is 1. The molecule has 1 unspecified atom stereocenters. The molecule has 0 bridgehead atoms. The minimum absolute atomic E-state index is 0.209. The molecule has 1 fully saturated rings. The normalized spacial score (nSPS) is 16.4. The van der Waals surface area contributed by atoms with Gasteiger partial charge in [-0.2, -0.15) is 0 Å². The summed E-state index contributed by atoms with van der Waals surface area (Å²) in [5.41, 5.74) is 1.27. The molecule has 1 aromatic heterocycles. The zero-order valence-corrected chi connectivity index (χ0v) is 12.2. The second-order valence-corrected chi connectivity index (χ2v) is 5.48. The molecule has 0 spiro atoms. The molecule has 19 heavy (non-hydrogen) atoms. The second kappa shape index (κ2) is 6.24. The van der Waals surface area contributed by atoms with Gasteiger partial charge in [-0.25, -0.2) is 0 Å². The molecule has 1 amide bonds. The van der Waals surface area contributed by atoms with Gasteiger partial charge in [-0.1, -0.05) is 13.3 Å². The third-order valence-corrected chi connectivity index (χ3v) is 3.91. The Morgan fingerprint density at radius 2 is 2.32 bits per heavy atom. The Hall–Kier alpha value is -1.29. The van der Waals surface area contributed by atoms with Crippen molar-refractivity contribution in [2.24, 2.45) is 0 Å². The number of hydrogen-bond donors (Lipinski definition) is 1. The highest BCUT2D eigenvalue weighted by Gasteiger charge is 2.29. The smallest absolute Gasteiger partial charge is 0.242 e. The number of nitrogens with one attached hydrogen (secondary N) is 1. The molecular formula is C15H25N3O. The van der Waals surface area contributed by atoms with Gasteiger partial charge in [-0.3, -0.25) is 4.79 Å². The zero-order valence-electron chi connectivity index (χ0n) is 12.2. The lowest BCUT2D eigenvalue weighted by molar-refractivity contribution is -0.131. The first kappa shape index (κ1) is 14.1. The maximum Gasteiger partial charge on any atom is 0.242 e. The van der Waals surface area contributed by atoms with Crippen LogP contribution in [0.5, 0.6) is 0 Å². The number of aromatic nitrogens is 1. The van der Waals surface area contributed by atoms with Crippen LogP contribution in [0.25, 0.3) is 0 Å². The number of rotatable bonds is 7. The summed E-state index contributed by atoms with van der Waals surface area (Å²) in [7, 11) is 3.90. The first-order valence-corrected chi connectivity index (χ1v) is 7.24. The molecular weight excluding hydrogens is 238 g/mol. The Kier molecular flexibility index (Phi) is 4.64. The quantitative estimate of drug-likeness (QED) is 0.818. The van der Waals surface area contributed by atoms with Crippen LogP contribution < -0.4 is 5.32 Å². The largest absolute Gasteiger partial charge is 0.345 e. The third-order valence-electron chi connectivity index (χ3n) is 3.91. The molecule has 1 atom stereocenters. The van der Waals surface area contributed by atoms with Gasteiger partial charge in [0.25, 0.3) is 0 Å². The van der Waals surface area contributed by atoms with Gasteiger partial charge in [0, 0.05) is 31.5 Å². The van der Waals surface area contributed by atoms with Crippen LogP contribution in [-0.4, -0.2) is 35.5 Å². The van der Waals surface area contributed by atoms with E-state index in [-0.39, 0.29) is 5.91 Å². The number of likely N-dealkylation sites (N-methyl/N-ethyl adjacent to an activating group) is 1. The summed E-state index contributed by atoms with van der Waals surface area (Å²) < 4.78 is 2.00. The average Bonchev–Trinajstić information content (AvgIpc) is 3.16. The molecule has 1 aliphatic carbocycles. The van der Waals surface area contributed by atoms with Crippen molar-refractivity contribution in [2.75, 3.05) is 14.1 Å². The summed E-state index contributed by atoms with van der Waals surface area (Å²) in [4.78, 5) is 13.9. The monoisotopic (exact) mass is 263 g/mol. The Labute approximate surface area is 115 Å². The minimum Gasteiger partial charge on any atom is -0.345 e. The SMILES string of the molecule is CCCC(NC)c1ccn(CC(=O)N(C)C2CC2)c1. The maximum atomic E-state index is 12.1. The maximum absolute atomic E-state index is 12.1. The van der Waals surface area contributed by atoms with Crippen LogP contribution in [0.2, 0.25) is 0 Å². The predicted octanol–water partition coefficient (Wildman–Crippen LogP) is 2.17. The molecule has 4 nitrogen and oxygen atoms in total. The van der Waals surface area contributed by atoms with Crippen LogP contribution in [0.1, 0.15) is 44.2 Å². The summed E-state index contributed by atoms with van der Waals surface area (Å²) in [5, 5.41) is 3.33. The molecule has 2 rings (SSSR count). The standard InChI is InChI=1S/C15H25N3O/c1-4-5-14(16-2)12-8-9-18(10-12)11-15(19)17(3)13-6-7-13/h8-10,13-14,16H,4-7,11H2,1-3H3. The van der Waals surface area contributed by atoms with Gasteiger partial charge in [0.1, 0.15) is 6.54 Å². The first-order valence-electron chi connectivity index (χ1n) is 7.24. The van der Waals surface area contributed by atoms with Crippen molar-refractivity contribution in [1.82, 2.24) is 14.8 Å². The Balaban J connectivity index is 1.94.